The lowest BCUT2D eigenvalue weighted by atomic mass is 10.00. The Labute approximate surface area is 129 Å². The quantitative estimate of drug-likeness (QED) is 0.715. The van der Waals surface area contributed by atoms with Crippen molar-refractivity contribution in [2.45, 2.75) is 6.10 Å². The van der Waals surface area contributed by atoms with E-state index in [4.69, 9.17) is 14.5 Å². The maximum atomic E-state index is 5.91. The molecule has 1 fully saturated rings. The summed E-state index contributed by atoms with van der Waals surface area (Å²) >= 11 is 0. The molecule has 0 N–H and O–H groups in total. The lowest BCUT2D eigenvalue weighted by Gasteiger charge is -2.24. The van der Waals surface area contributed by atoms with Crippen LogP contribution in [0.1, 0.15) is 11.7 Å². The molecule has 3 heteroatoms. The monoisotopic (exact) mass is 291 g/mol. The van der Waals surface area contributed by atoms with E-state index in [0.29, 0.717) is 19.8 Å². The van der Waals surface area contributed by atoms with E-state index in [1.807, 2.05) is 30.3 Å². The van der Waals surface area contributed by atoms with Crippen LogP contribution in [-0.2, 0) is 9.47 Å². The van der Waals surface area contributed by atoms with Crippen molar-refractivity contribution in [3.8, 4) is 11.3 Å². The SMILES string of the molecule is c1ccc(-c2cc([C@@H]3COCCO3)c3ccccc3n2)cc1. The van der Waals surface area contributed by atoms with Crippen LogP contribution in [0, 0.1) is 0 Å². The van der Waals surface area contributed by atoms with E-state index in [-0.39, 0.29) is 6.10 Å². The fourth-order valence-electron chi connectivity index (χ4n) is 2.89. The van der Waals surface area contributed by atoms with Gasteiger partial charge in [0, 0.05) is 10.9 Å². The van der Waals surface area contributed by atoms with Crippen molar-refractivity contribution in [1.29, 1.82) is 0 Å². The number of benzene rings is 2. The summed E-state index contributed by atoms with van der Waals surface area (Å²) in [5, 5.41) is 1.14. The lowest BCUT2D eigenvalue weighted by Crippen LogP contribution is -2.22. The van der Waals surface area contributed by atoms with Gasteiger partial charge >= 0.3 is 0 Å². The van der Waals surface area contributed by atoms with Gasteiger partial charge in [-0.2, -0.15) is 0 Å². The standard InChI is InChI=1S/C19H17NO2/c1-2-6-14(7-3-1)18-12-16(19-13-21-10-11-22-19)15-8-4-5-9-17(15)20-18/h1-9,12,19H,10-11,13H2/t19-/m0/s1. The summed E-state index contributed by atoms with van der Waals surface area (Å²) in [6.45, 7) is 1.91. The molecule has 1 aliphatic rings. The highest BCUT2D eigenvalue weighted by Gasteiger charge is 2.20. The Hall–Kier alpha value is -2.23. The van der Waals surface area contributed by atoms with E-state index in [2.05, 4.69) is 30.3 Å². The van der Waals surface area contributed by atoms with Crippen LogP contribution >= 0.6 is 0 Å². The molecule has 4 rings (SSSR count). The van der Waals surface area contributed by atoms with E-state index in [1.54, 1.807) is 0 Å². The first-order valence-electron chi connectivity index (χ1n) is 7.56. The third kappa shape index (κ3) is 2.49. The maximum Gasteiger partial charge on any atom is 0.107 e. The average molecular weight is 291 g/mol. The number of aromatic nitrogens is 1. The fourth-order valence-corrected chi connectivity index (χ4v) is 2.89. The van der Waals surface area contributed by atoms with Gasteiger partial charge in [0.1, 0.15) is 6.10 Å². The number of rotatable bonds is 2. The molecule has 1 aromatic heterocycles. The van der Waals surface area contributed by atoms with Crippen LogP contribution < -0.4 is 0 Å². The van der Waals surface area contributed by atoms with Crippen LogP contribution in [0.4, 0.5) is 0 Å². The molecule has 0 saturated carbocycles. The summed E-state index contributed by atoms with van der Waals surface area (Å²) in [6, 6.07) is 20.6. The van der Waals surface area contributed by atoms with Gasteiger partial charge in [0.15, 0.2) is 0 Å². The third-order valence-electron chi connectivity index (χ3n) is 3.98. The van der Waals surface area contributed by atoms with Gasteiger partial charge in [-0.1, -0.05) is 48.5 Å². The Bertz CT molecular complexity index is 780. The van der Waals surface area contributed by atoms with Crippen LogP contribution in [0.2, 0.25) is 0 Å². The Morgan fingerprint density at radius 1 is 0.909 bits per heavy atom. The Kier molecular flexibility index (Phi) is 3.59. The van der Waals surface area contributed by atoms with Crippen LogP contribution in [0.5, 0.6) is 0 Å². The number of fused-ring (bicyclic) bond motifs is 1. The van der Waals surface area contributed by atoms with Gasteiger partial charge in [0.05, 0.1) is 31.0 Å². The molecule has 3 nitrogen and oxygen atoms in total. The van der Waals surface area contributed by atoms with Crippen molar-refractivity contribution in [2.75, 3.05) is 19.8 Å². The van der Waals surface area contributed by atoms with Crippen molar-refractivity contribution in [2.24, 2.45) is 0 Å². The number of nitrogens with zero attached hydrogens (tertiary/aromatic N) is 1. The highest BCUT2D eigenvalue weighted by atomic mass is 16.6. The molecule has 0 amide bonds. The molecule has 0 unspecified atom stereocenters. The molecule has 1 aliphatic heterocycles. The molecule has 0 radical (unpaired) electrons. The number of hydrogen-bond acceptors (Lipinski definition) is 3. The first-order valence-corrected chi connectivity index (χ1v) is 7.56. The highest BCUT2D eigenvalue weighted by molar-refractivity contribution is 5.85. The number of pyridine rings is 1. The summed E-state index contributed by atoms with van der Waals surface area (Å²) in [5.74, 6) is 0. The summed E-state index contributed by atoms with van der Waals surface area (Å²) < 4.78 is 11.5. The van der Waals surface area contributed by atoms with E-state index in [9.17, 15) is 0 Å². The summed E-state index contributed by atoms with van der Waals surface area (Å²) in [7, 11) is 0. The van der Waals surface area contributed by atoms with Gasteiger partial charge in [0.2, 0.25) is 0 Å². The predicted octanol–water partition coefficient (Wildman–Crippen LogP) is 3.99. The van der Waals surface area contributed by atoms with E-state index < -0.39 is 0 Å². The molecule has 0 spiro atoms. The minimum Gasteiger partial charge on any atom is -0.376 e. The molecule has 22 heavy (non-hydrogen) atoms. The second-order valence-corrected chi connectivity index (χ2v) is 5.41. The zero-order chi connectivity index (χ0) is 14.8. The van der Waals surface area contributed by atoms with Crippen molar-refractivity contribution >= 4 is 10.9 Å². The van der Waals surface area contributed by atoms with Crippen molar-refractivity contribution in [3.63, 3.8) is 0 Å². The van der Waals surface area contributed by atoms with Crippen LogP contribution in [0.15, 0.2) is 60.7 Å². The van der Waals surface area contributed by atoms with Gasteiger partial charge in [-0.3, -0.25) is 0 Å². The molecule has 2 heterocycles. The van der Waals surface area contributed by atoms with Gasteiger partial charge in [0.25, 0.3) is 0 Å². The van der Waals surface area contributed by atoms with Gasteiger partial charge < -0.3 is 9.47 Å². The molecule has 0 aliphatic carbocycles. The Morgan fingerprint density at radius 3 is 2.55 bits per heavy atom. The van der Waals surface area contributed by atoms with Crippen LogP contribution in [-0.4, -0.2) is 24.8 Å². The topological polar surface area (TPSA) is 31.4 Å². The predicted molar refractivity (Wildman–Crippen MR) is 86.7 cm³/mol. The minimum absolute atomic E-state index is 0.0240. The van der Waals surface area contributed by atoms with Gasteiger partial charge in [-0.05, 0) is 17.7 Å². The normalized spacial score (nSPS) is 18.5. The summed E-state index contributed by atoms with van der Waals surface area (Å²) in [6.07, 6.45) is -0.0240. The summed E-state index contributed by atoms with van der Waals surface area (Å²) in [5.41, 5.74) is 4.24. The fraction of sp³-hybridized carbons (Fsp3) is 0.211. The number of para-hydroxylation sites is 1. The summed E-state index contributed by atoms with van der Waals surface area (Å²) in [4.78, 5) is 4.80. The molecule has 1 saturated heterocycles. The largest absolute Gasteiger partial charge is 0.376 e. The molecule has 2 aromatic carbocycles. The first kappa shape index (κ1) is 13.4. The van der Waals surface area contributed by atoms with Crippen molar-refractivity contribution < 1.29 is 9.47 Å². The molecule has 110 valence electrons. The first-order chi connectivity index (χ1) is 10.9. The maximum absolute atomic E-state index is 5.91. The molecule has 0 bridgehead atoms. The zero-order valence-corrected chi connectivity index (χ0v) is 12.2. The second-order valence-electron chi connectivity index (χ2n) is 5.41. The molecular weight excluding hydrogens is 274 g/mol. The third-order valence-corrected chi connectivity index (χ3v) is 3.98. The Morgan fingerprint density at radius 2 is 1.73 bits per heavy atom. The average Bonchev–Trinajstić information content (AvgIpc) is 2.62. The minimum atomic E-state index is -0.0240. The van der Waals surface area contributed by atoms with Crippen LogP contribution in [0.3, 0.4) is 0 Å². The van der Waals surface area contributed by atoms with E-state index in [0.717, 1.165) is 27.7 Å². The second kappa shape index (κ2) is 5.87. The van der Waals surface area contributed by atoms with Crippen molar-refractivity contribution in [1.82, 2.24) is 4.98 Å². The molecule has 3 aromatic rings. The number of ether oxygens (including phenoxy) is 2. The van der Waals surface area contributed by atoms with Gasteiger partial charge in [-0.25, -0.2) is 4.98 Å². The smallest absolute Gasteiger partial charge is 0.107 e. The zero-order valence-electron chi connectivity index (χ0n) is 12.2. The lowest BCUT2D eigenvalue weighted by molar-refractivity contribution is -0.0895. The van der Waals surface area contributed by atoms with Crippen LogP contribution in [0.25, 0.3) is 22.2 Å². The Balaban J connectivity index is 1.89. The van der Waals surface area contributed by atoms with Gasteiger partial charge in [-0.15, -0.1) is 0 Å². The van der Waals surface area contributed by atoms with E-state index in [1.165, 1.54) is 0 Å². The molecular formula is C19H17NO2. The molecule has 1 atom stereocenters. The van der Waals surface area contributed by atoms with Crippen molar-refractivity contribution in [3.05, 3.63) is 66.2 Å². The number of hydrogen-bond donors (Lipinski definition) is 0. The highest BCUT2D eigenvalue weighted by Crippen LogP contribution is 2.31. The van der Waals surface area contributed by atoms with E-state index >= 15 is 0 Å².